The van der Waals surface area contributed by atoms with E-state index in [9.17, 15) is 9.59 Å². The monoisotopic (exact) mass is 406 g/mol. The van der Waals surface area contributed by atoms with Crippen molar-refractivity contribution in [2.75, 3.05) is 5.32 Å². The van der Waals surface area contributed by atoms with Gasteiger partial charge in [0.05, 0.1) is 5.71 Å². The number of nitrogens with one attached hydrogen (secondary N) is 2. The summed E-state index contributed by atoms with van der Waals surface area (Å²) < 4.78 is 0. The standard InChI is InChI=1S/C22H22N4O2S/c1-14-9-11-16(12-10-14)23-20(27)13-19-21(28)24-22(29-19)26-25-18-8-4-6-15-5-2-3-7-17(15)18/h2-3,5,7,9-12,19H,4,6,8,13H2,1H3,(H,23,27)(H,24,26,28)/b25-18-/t19-/m1/s1. The number of fused-ring (bicyclic) bond motifs is 1. The number of carbonyl (C=O) groups excluding carboxylic acids is 2. The Balaban J connectivity index is 1.39. The summed E-state index contributed by atoms with van der Waals surface area (Å²) in [6, 6.07) is 15.8. The van der Waals surface area contributed by atoms with Gasteiger partial charge in [-0.2, -0.15) is 5.10 Å². The number of amides is 2. The molecule has 148 valence electrons. The van der Waals surface area contributed by atoms with Crippen molar-refractivity contribution in [1.29, 1.82) is 0 Å². The molecule has 6 nitrogen and oxygen atoms in total. The van der Waals surface area contributed by atoms with Crippen molar-refractivity contribution in [2.45, 2.75) is 37.9 Å². The minimum atomic E-state index is -0.502. The molecule has 4 rings (SSSR count). The molecule has 0 unspecified atom stereocenters. The van der Waals surface area contributed by atoms with Crippen LogP contribution in [0.15, 0.2) is 58.7 Å². The lowest BCUT2D eigenvalue weighted by atomic mass is 9.90. The third-order valence-electron chi connectivity index (χ3n) is 4.93. The number of aryl methyl sites for hydroxylation is 2. The van der Waals surface area contributed by atoms with Gasteiger partial charge in [0.1, 0.15) is 5.25 Å². The van der Waals surface area contributed by atoms with Crippen molar-refractivity contribution in [3.05, 3.63) is 65.2 Å². The maximum Gasteiger partial charge on any atom is 0.240 e. The Hall–Kier alpha value is -2.93. The Labute approximate surface area is 173 Å². The fraction of sp³-hybridized carbons (Fsp3) is 0.273. The molecular weight excluding hydrogens is 384 g/mol. The van der Waals surface area contributed by atoms with E-state index in [0.29, 0.717) is 5.17 Å². The van der Waals surface area contributed by atoms with Gasteiger partial charge in [0.2, 0.25) is 11.8 Å². The number of thioether (sulfide) groups is 1. The molecule has 1 fully saturated rings. The van der Waals surface area contributed by atoms with Crippen LogP contribution in [0.4, 0.5) is 5.69 Å². The topological polar surface area (TPSA) is 82.9 Å². The van der Waals surface area contributed by atoms with E-state index in [1.54, 1.807) is 0 Å². The minimum Gasteiger partial charge on any atom is -0.326 e. The molecule has 1 atom stereocenters. The number of benzene rings is 2. The second kappa shape index (κ2) is 8.61. The first-order valence-electron chi connectivity index (χ1n) is 9.65. The van der Waals surface area contributed by atoms with E-state index in [2.05, 4.69) is 33.0 Å². The molecule has 0 saturated carbocycles. The van der Waals surface area contributed by atoms with Crippen molar-refractivity contribution in [3.8, 4) is 0 Å². The summed E-state index contributed by atoms with van der Waals surface area (Å²) in [4.78, 5) is 24.5. The van der Waals surface area contributed by atoms with Crippen LogP contribution in [0.2, 0.25) is 0 Å². The van der Waals surface area contributed by atoms with Crippen molar-refractivity contribution in [2.24, 2.45) is 10.2 Å². The molecule has 1 saturated heterocycles. The van der Waals surface area contributed by atoms with Gasteiger partial charge in [-0.1, -0.05) is 53.7 Å². The first kappa shape index (κ1) is 19.4. The predicted octanol–water partition coefficient (Wildman–Crippen LogP) is 3.65. The van der Waals surface area contributed by atoms with E-state index in [1.165, 1.54) is 17.3 Å². The van der Waals surface area contributed by atoms with Crippen LogP contribution < -0.4 is 10.6 Å². The lowest BCUT2D eigenvalue weighted by molar-refractivity contribution is -0.122. The van der Waals surface area contributed by atoms with Crippen molar-refractivity contribution >= 4 is 40.1 Å². The van der Waals surface area contributed by atoms with Gasteiger partial charge in [-0.15, -0.1) is 5.10 Å². The number of nitrogens with zero attached hydrogens (tertiary/aromatic N) is 2. The van der Waals surface area contributed by atoms with Gasteiger partial charge < -0.3 is 10.6 Å². The van der Waals surface area contributed by atoms with Crippen LogP contribution in [0.5, 0.6) is 0 Å². The average molecular weight is 407 g/mol. The molecule has 1 aliphatic heterocycles. The Morgan fingerprint density at radius 3 is 2.76 bits per heavy atom. The summed E-state index contributed by atoms with van der Waals surface area (Å²) >= 11 is 1.25. The molecule has 0 spiro atoms. The molecular formula is C22H22N4O2S. The van der Waals surface area contributed by atoms with E-state index in [0.717, 1.165) is 41.8 Å². The molecule has 0 radical (unpaired) electrons. The molecule has 29 heavy (non-hydrogen) atoms. The lowest BCUT2D eigenvalue weighted by Gasteiger charge is -2.16. The molecule has 0 bridgehead atoms. The highest BCUT2D eigenvalue weighted by Gasteiger charge is 2.32. The first-order chi connectivity index (χ1) is 14.1. The Morgan fingerprint density at radius 2 is 1.93 bits per heavy atom. The van der Waals surface area contributed by atoms with Gasteiger partial charge in [0.15, 0.2) is 5.17 Å². The van der Waals surface area contributed by atoms with Crippen LogP contribution in [0.3, 0.4) is 0 Å². The normalized spacial score (nSPS) is 21.1. The molecule has 1 heterocycles. The van der Waals surface area contributed by atoms with Gasteiger partial charge in [0, 0.05) is 17.7 Å². The number of anilines is 1. The maximum absolute atomic E-state index is 12.3. The Morgan fingerprint density at radius 1 is 1.14 bits per heavy atom. The van der Waals surface area contributed by atoms with E-state index >= 15 is 0 Å². The molecule has 2 amide bonds. The van der Waals surface area contributed by atoms with Gasteiger partial charge in [0.25, 0.3) is 0 Å². The highest BCUT2D eigenvalue weighted by atomic mass is 32.2. The van der Waals surface area contributed by atoms with Crippen LogP contribution in [0.1, 0.15) is 36.0 Å². The average Bonchev–Trinajstić information content (AvgIpc) is 3.07. The number of hydrogen-bond acceptors (Lipinski definition) is 5. The van der Waals surface area contributed by atoms with Crippen molar-refractivity contribution < 1.29 is 9.59 Å². The summed E-state index contributed by atoms with van der Waals surface area (Å²) in [6.45, 7) is 1.99. The highest BCUT2D eigenvalue weighted by Crippen LogP contribution is 2.25. The second-order valence-corrected chi connectivity index (χ2v) is 8.37. The van der Waals surface area contributed by atoms with Crippen LogP contribution in [0, 0.1) is 6.92 Å². The number of hydrogen-bond donors (Lipinski definition) is 2. The fourth-order valence-electron chi connectivity index (χ4n) is 3.41. The lowest BCUT2D eigenvalue weighted by Crippen LogP contribution is -2.28. The van der Waals surface area contributed by atoms with Gasteiger partial charge in [-0.3, -0.25) is 9.59 Å². The zero-order chi connectivity index (χ0) is 20.2. The largest absolute Gasteiger partial charge is 0.326 e. The summed E-state index contributed by atoms with van der Waals surface area (Å²) in [5.74, 6) is -0.410. The molecule has 1 aliphatic carbocycles. The second-order valence-electron chi connectivity index (χ2n) is 7.18. The Kier molecular flexibility index (Phi) is 5.76. The smallest absolute Gasteiger partial charge is 0.240 e. The van der Waals surface area contributed by atoms with Crippen LogP contribution in [-0.4, -0.2) is 27.9 Å². The Bertz CT molecular complexity index is 998. The summed E-state index contributed by atoms with van der Waals surface area (Å²) in [5.41, 5.74) is 5.20. The van der Waals surface area contributed by atoms with Gasteiger partial charge in [-0.25, -0.2) is 0 Å². The summed E-state index contributed by atoms with van der Waals surface area (Å²) in [5, 5.41) is 14.1. The van der Waals surface area contributed by atoms with Crippen molar-refractivity contribution in [3.63, 3.8) is 0 Å². The first-order valence-corrected chi connectivity index (χ1v) is 10.5. The maximum atomic E-state index is 12.3. The highest BCUT2D eigenvalue weighted by molar-refractivity contribution is 8.15. The summed E-state index contributed by atoms with van der Waals surface area (Å²) in [7, 11) is 0. The van der Waals surface area contributed by atoms with E-state index in [1.807, 2.05) is 43.3 Å². The fourth-order valence-corrected chi connectivity index (χ4v) is 4.33. The third kappa shape index (κ3) is 4.74. The van der Waals surface area contributed by atoms with E-state index in [4.69, 9.17) is 0 Å². The van der Waals surface area contributed by atoms with Crippen molar-refractivity contribution in [1.82, 2.24) is 5.32 Å². The summed E-state index contributed by atoms with van der Waals surface area (Å²) in [6.07, 6.45) is 3.05. The molecule has 2 aliphatic rings. The predicted molar refractivity (Wildman–Crippen MR) is 117 cm³/mol. The molecule has 2 N–H and O–H groups in total. The van der Waals surface area contributed by atoms with E-state index < -0.39 is 5.25 Å². The van der Waals surface area contributed by atoms with Gasteiger partial charge in [-0.05, 0) is 43.9 Å². The van der Waals surface area contributed by atoms with Crippen LogP contribution in [0.25, 0.3) is 0 Å². The quantitative estimate of drug-likeness (QED) is 0.761. The molecule has 2 aromatic carbocycles. The minimum absolute atomic E-state index is 0.0861. The van der Waals surface area contributed by atoms with Gasteiger partial charge >= 0.3 is 0 Å². The van der Waals surface area contributed by atoms with Crippen LogP contribution >= 0.6 is 11.8 Å². The number of carbonyl (C=O) groups is 2. The van der Waals surface area contributed by atoms with E-state index in [-0.39, 0.29) is 18.2 Å². The molecule has 0 aromatic heterocycles. The zero-order valence-corrected chi connectivity index (χ0v) is 17.0. The molecule has 7 heteroatoms. The SMILES string of the molecule is Cc1ccc(NC(=O)C[C@H]2S/C(=N\N=C3\CCCc4ccccc43)NC2=O)cc1. The third-order valence-corrected chi connectivity index (χ3v) is 6.00. The van der Waals surface area contributed by atoms with Crippen LogP contribution in [-0.2, 0) is 16.0 Å². The number of amidine groups is 1. The molecule has 2 aromatic rings. The number of rotatable bonds is 4. The zero-order valence-electron chi connectivity index (χ0n) is 16.1.